The highest BCUT2D eigenvalue weighted by Gasteiger charge is 2.11. The zero-order chi connectivity index (χ0) is 12.0. The number of hydrogen-bond acceptors (Lipinski definition) is 2. The molecule has 1 aromatic rings. The number of nitrogens with one attached hydrogen (secondary N) is 1. The average Bonchev–Trinajstić information content (AvgIpc) is 2.24. The maximum absolute atomic E-state index is 12.9. The number of rotatable bonds is 5. The summed E-state index contributed by atoms with van der Waals surface area (Å²) in [5.74, 6) is 0.124. The van der Waals surface area contributed by atoms with Crippen LogP contribution in [-0.4, -0.2) is 6.54 Å². The molecule has 1 atom stereocenters. The average molecular weight is 220 g/mol. The Kier molecular flexibility index (Phi) is 4.94. The SMILES string of the molecule is CC(C)C(C#N)CNCc1cccc(F)c1. The van der Waals surface area contributed by atoms with E-state index in [-0.39, 0.29) is 11.7 Å². The van der Waals surface area contributed by atoms with Crippen LogP contribution in [0.3, 0.4) is 0 Å². The second-order valence-electron chi connectivity index (χ2n) is 4.24. The molecule has 1 rings (SSSR count). The Labute approximate surface area is 96.1 Å². The molecule has 0 saturated heterocycles. The van der Waals surface area contributed by atoms with Gasteiger partial charge < -0.3 is 5.32 Å². The maximum atomic E-state index is 12.9. The van der Waals surface area contributed by atoms with Gasteiger partial charge in [-0.25, -0.2) is 4.39 Å². The highest BCUT2D eigenvalue weighted by molar-refractivity contribution is 5.15. The molecular formula is C13H17FN2. The monoisotopic (exact) mass is 220 g/mol. The Morgan fingerprint density at radius 3 is 2.75 bits per heavy atom. The summed E-state index contributed by atoms with van der Waals surface area (Å²) in [5.41, 5.74) is 0.903. The van der Waals surface area contributed by atoms with E-state index in [1.165, 1.54) is 12.1 Å². The van der Waals surface area contributed by atoms with Crippen molar-refractivity contribution in [3.8, 4) is 6.07 Å². The van der Waals surface area contributed by atoms with Crippen LogP contribution in [0.5, 0.6) is 0 Å². The van der Waals surface area contributed by atoms with E-state index >= 15 is 0 Å². The normalized spacial score (nSPS) is 12.4. The molecule has 0 aromatic heterocycles. The van der Waals surface area contributed by atoms with E-state index in [4.69, 9.17) is 5.26 Å². The van der Waals surface area contributed by atoms with Crippen molar-refractivity contribution in [3.05, 3.63) is 35.6 Å². The first-order valence-corrected chi connectivity index (χ1v) is 5.48. The van der Waals surface area contributed by atoms with Gasteiger partial charge in [-0.15, -0.1) is 0 Å². The summed E-state index contributed by atoms with van der Waals surface area (Å²) in [6, 6.07) is 8.75. The van der Waals surface area contributed by atoms with Gasteiger partial charge >= 0.3 is 0 Å². The van der Waals surface area contributed by atoms with Crippen LogP contribution >= 0.6 is 0 Å². The summed E-state index contributed by atoms with van der Waals surface area (Å²) in [6.07, 6.45) is 0. The first-order chi connectivity index (χ1) is 7.63. The van der Waals surface area contributed by atoms with Crippen LogP contribution < -0.4 is 5.32 Å². The van der Waals surface area contributed by atoms with Gasteiger partial charge in [-0.2, -0.15) is 5.26 Å². The fourth-order valence-electron chi connectivity index (χ4n) is 1.45. The van der Waals surface area contributed by atoms with E-state index in [9.17, 15) is 4.39 Å². The highest BCUT2D eigenvalue weighted by atomic mass is 19.1. The fraction of sp³-hybridized carbons (Fsp3) is 0.462. The third-order valence-corrected chi connectivity index (χ3v) is 2.55. The summed E-state index contributed by atoms with van der Waals surface area (Å²) >= 11 is 0. The van der Waals surface area contributed by atoms with Crippen molar-refractivity contribution in [2.45, 2.75) is 20.4 Å². The van der Waals surface area contributed by atoms with Gasteiger partial charge in [0.15, 0.2) is 0 Å². The lowest BCUT2D eigenvalue weighted by atomic mass is 9.97. The Morgan fingerprint density at radius 2 is 2.19 bits per heavy atom. The van der Waals surface area contributed by atoms with Gasteiger partial charge in [0, 0.05) is 13.1 Å². The Hall–Kier alpha value is -1.40. The standard InChI is InChI=1S/C13H17FN2/c1-10(2)12(7-15)9-16-8-11-4-3-5-13(14)6-11/h3-6,10,12,16H,8-9H2,1-2H3. The predicted octanol–water partition coefficient (Wildman–Crippen LogP) is 2.71. The lowest BCUT2D eigenvalue weighted by Gasteiger charge is -2.13. The fourth-order valence-corrected chi connectivity index (χ4v) is 1.45. The highest BCUT2D eigenvalue weighted by Crippen LogP contribution is 2.08. The number of nitrogens with zero attached hydrogens (tertiary/aromatic N) is 1. The Morgan fingerprint density at radius 1 is 1.44 bits per heavy atom. The summed E-state index contributed by atoms with van der Waals surface area (Å²) in [7, 11) is 0. The van der Waals surface area contributed by atoms with Crippen molar-refractivity contribution in [2.75, 3.05) is 6.54 Å². The second-order valence-corrected chi connectivity index (χ2v) is 4.24. The Bertz CT molecular complexity index is 368. The van der Waals surface area contributed by atoms with Gasteiger partial charge in [0.05, 0.1) is 12.0 Å². The molecule has 16 heavy (non-hydrogen) atoms. The molecule has 0 heterocycles. The van der Waals surface area contributed by atoms with Crippen molar-refractivity contribution in [1.29, 1.82) is 5.26 Å². The largest absolute Gasteiger partial charge is 0.311 e. The second kappa shape index (κ2) is 6.24. The van der Waals surface area contributed by atoms with Gasteiger partial charge in [-0.05, 0) is 23.6 Å². The quantitative estimate of drug-likeness (QED) is 0.828. The van der Waals surface area contributed by atoms with Crippen molar-refractivity contribution in [2.24, 2.45) is 11.8 Å². The van der Waals surface area contributed by atoms with E-state index in [1.54, 1.807) is 6.07 Å². The van der Waals surface area contributed by atoms with Crippen LogP contribution in [0.4, 0.5) is 4.39 Å². The van der Waals surface area contributed by atoms with Gasteiger partial charge in [-0.1, -0.05) is 26.0 Å². The number of nitriles is 1. The molecule has 2 nitrogen and oxygen atoms in total. The first kappa shape index (κ1) is 12.7. The molecule has 0 aliphatic rings. The van der Waals surface area contributed by atoms with E-state index in [0.717, 1.165) is 5.56 Å². The minimum atomic E-state index is -0.222. The van der Waals surface area contributed by atoms with E-state index in [1.807, 2.05) is 19.9 Å². The molecule has 0 aliphatic carbocycles. The summed E-state index contributed by atoms with van der Waals surface area (Å²) in [4.78, 5) is 0. The van der Waals surface area contributed by atoms with Crippen molar-refractivity contribution in [3.63, 3.8) is 0 Å². The molecule has 0 radical (unpaired) electrons. The lowest BCUT2D eigenvalue weighted by Crippen LogP contribution is -2.24. The third kappa shape index (κ3) is 4.00. The molecule has 0 bridgehead atoms. The van der Waals surface area contributed by atoms with E-state index in [0.29, 0.717) is 19.0 Å². The van der Waals surface area contributed by atoms with Gasteiger partial charge in [0.2, 0.25) is 0 Å². The molecular weight excluding hydrogens is 203 g/mol. The first-order valence-electron chi connectivity index (χ1n) is 5.48. The predicted molar refractivity (Wildman–Crippen MR) is 62.0 cm³/mol. The van der Waals surface area contributed by atoms with Crippen LogP contribution in [0.15, 0.2) is 24.3 Å². The van der Waals surface area contributed by atoms with Crippen LogP contribution in [-0.2, 0) is 6.54 Å². The summed E-state index contributed by atoms with van der Waals surface area (Å²) in [6.45, 7) is 5.29. The number of halogens is 1. The van der Waals surface area contributed by atoms with Gasteiger partial charge in [0.1, 0.15) is 5.82 Å². The van der Waals surface area contributed by atoms with Crippen molar-refractivity contribution >= 4 is 0 Å². The molecule has 0 spiro atoms. The van der Waals surface area contributed by atoms with Crippen molar-refractivity contribution in [1.82, 2.24) is 5.32 Å². The molecule has 1 N–H and O–H groups in total. The molecule has 86 valence electrons. The van der Waals surface area contributed by atoms with Gasteiger partial charge in [-0.3, -0.25) is 0 Å². The molecule has 0 aliphatic heterocycles. The van der Waals surface area contributed by atoms with Crippen LogP contribution in [0.1, 0.15) is 19.4 Å². The number of hydrogen-bond donors (Lipinski definition) is 1. The van der Waals surface area contributed by atoms with Crippen LogP contribution in [0.2, 0.25) is 0 Å². The molecule has 0 fully saturated rings. The van der Waals surface area contributed by atoms with Crippen LogP contribution in [0.25, 0.3) is 0 Å². The van der Waals surface area contributed by atoms with Crippen molar-refractivity contribution < 1.29 is 4.39 Å². The maximum Gasteiger partial charge on any atom is 0.123 e. The Balaban J connectivity index is 2.39. The topological polar surface area (TPSA) is 35.8 Å². The van der Waals surface area contributed by atoms with E-state index < -0.39 is 0 Å². The molecule has 1 unspecified atom stereocenters. The lowest BCUT2D eigenvalue weighted by molar-refractivity contribution is 0.441. The zero-order valence-corrected chi connectivity index (χ0v) is 9.70. The molecule has 1 aromatic carbocycles. The summed E-state index contributed by atoms with van der Waals surface area (Å²) in [5, 5.41) is 12.1. The third-order valence-electron chi connectivity index (χ3n) is 2.55. The molecule has 0 saturated carbocycles. The van der Waals surface area contributed by atoms with Crippen LogP contribution in [0, 0.1) is 29.0 Å². The summed E-state index contributed by atoms with van der Waals surface area (Å²) < 4.78 is 12.9. The smallest absolute Gasteiger partial charge is 0.123 e. The van der Waals surface area contributed by atoms with Gasteiger partial charge in [0.25, 0.3) is 0 Å². The minimum Gasteiger partial charge on any atom is -0.311 e. The zero-order valence-electron chi connectivity index (χ0n) is 9.70. The molecule has 3 heteroatoms. The molecule has 0 amide bonds. The van der Waals surface area contributed by atoms with E-state index in [2.05, 4.69) is 11.4 Å². The number of benzene rings is 1. The minimum absolute atomic E-state index is 0.00793.